The van der Waals surface area contributed by atoms with Crippen molar-refractivity contribution in [3.8, 4) is 0 Å². The lowest BCUT2D eigenvalue weighted by Gasteiger charge is -2.29. The summed E-state index contributed by atoms with van der Waals surface area (Å²) in [5.74, 6) is -0.210. The molecule has 6 heteroatoms. The van der Waals surface area contributed by atoms with Gasteiger partial charge in [0.2, 0.25) is 5.91 Å². The summed E-state index contributed by atoms with van der Waals surface area (Å²) in [5.41, 5.74) is 1.83. The van der Waals surface area contributed by atoms with Crippen LogP contribution in [0.2, 0.25) is 0 Å². The highest BCUT2D eigenvalue weighted by molar-refractivity contribution is 7.07. The molecule has 2 amide bonds. The summed E-state index contributed by atoms with van der Waals surface area (Å²) in [6.45, 7) is 8.53. The number of amides is 2. The monoisotopic (exact) mass is 387 g/mol. The van der Waals surface area contributed by atoms with Gasteiger partial charge in [0.25, 0.3) is 5.91 Å². The second-order valence-electron chi connectivity index (χ2n) is 6.54. The third kappa shape index (κ3) is 6.48. The molecule has 0 bridgehead atoms. The minimum absolute atomic E-state index is 0.0525. The topological polar surface area (TPSA) is 61.4 Å². The molecule has 0 saturated heterocycles. The molecule has 2 rings (SSSR count). The van der Waals surface area contributed by atoms with Crippen LogP contribution >= 0.6 is 11.3 Å². The first-order chi connectivity index (χ1) is 13.0. The van der Waals surface area contributed by atoms with Crippen LogP contribution in [-0.4, -0.2) is 42.4 Å². The number of rotatable bonds is 10. The number of carbonyl (C=O) groups is 2. The van der Waals surface area contributed by atoms with E-state index in [0.717, 1.165) is 13.1 Å². The minimum atomic E-state index is -0.231. The van der Waals surface area contributed by atoms with E-state index < -0.39 is 0 Å². The highest BCUT2D eigenvalue weighted by Gasteiger charge is 2.20. The minimum Gasteiger partial charge on any atom is -0.354 e. The molecular weight excluding hydrogens is 358 g/mol. The van der Waals surface area contributed by atoms with Gasteiger partial charge >= 0.3 is 0 Å². The van der Waals surface area contributed by atoms with Gasteiger partial charge in [-0.15, -0.1) is 0 Å². The van der Waals surface area contributed by atoms with Gasteiger partial charge in [-0.3, -0.25) is 14.5 Å². The first-order valence-electron chi connectivity index (χ1n) is 9.43. The highest BCUT2D eigenvalue weighted by Crippen LogP contribution is 2.22. The van der Waals surface area contributed by atoms with Gasteiger partial charge in [0.15, 0.2) is 0 Å². The summed E-state index contributed by atoms with van der Waals surface area (Å²) in [6, 6.07) is 11.1. The van der Waals surface area contributed by atoms with Gasteiger partial charge < -0.3 is 10.6 Å². The normalized spacial score (nSPS) is 13.2. The first-order valence-corrected chi connectivity index (χ1v) is 10.4. The average molecular weight is 388 g/mol. The summed E-state index contributed by atoms with van der Waals surface area (Å²) >= 11 is 1.67. The van der Waals surface area contributed by atoms with Crippen molar-refractivity contribution in [2.75, 3.05) is 19.6 Å². The zero-order valence-electron chi connectivity index (χ0n) is 16.3. The molecule has 27 heavy (non-hydrogen) atoms. The van der Waals surface area contributed by atoms with Crippen molar-refractivity contribution >= 4 is 23.2 Å². The lowest BCUT2D eigenvalue weighted by Crippen LogP contribution is -2.41. The maximum Gasteiger partial charge on any atom is 0.251 e. The van der Waals surface area contributed by atoms with Crippen molar-refractivity contribution < 1.29 is 9.59 Å². The Hall–Kier alpha value is -2.18. The van der Waals surface area contributed by atoms with E-state index in [2.05, 4.69) is 46.2 Å². The second kappa shape index (κ2) is 10.8. The van der Waals surface area contributed by atoms with E-state index >= 15 is 0 Å². The molecule has 1 aromatic carbocycles. The summed E-state index contributed by atoms with van der Waals surface area (Å²) in [4.78, 5) is 26.9. The van der Waals surface area contributed by atoms with Crippen LogP contribution in [0.15, 0.2) is 47.2 Å². The van der Waals surface area contributed by atoms with Gasteiger partial charge in [0, 0.05) is 24.6 Å². The summed E-state index contributed by atoms with van der Waals surface area (Å²) in [5, 5.41) is 10.1. The molecular formula is C21H29N3O2S. The fraction of sp³-hybridized carbons (Fsp3) is 0.429. The zero-order chi connectivity index (χ0) is 19.6. The first kappa shape index (κ1) is 21.1. The van der Waals surface area contributed by atoms with Crippen molar-refractivity contribution in [2.45, 2.75) is 39.3 Å². The molecule has 1 heterocycles. The molecule has 0 fully saturated rings. The third-order valence-corrected chi connectivity index (χ3v) is 5.28. The fourth-order valence-electron chi connectivity index (χ4n) is 3.10. The van der Waals surface area contributed by atoms with Crippen molar-refractivity contribution in [3.63, 3.8) is 0 Å². The molecule has 0 saturated carbocycles. The summed E-state index contributed by atoms with van der Waals surface area (Å²) in [6.07, 6.45) is 0.257. The number of nitrogens with zero attached hydrogens (tertiary/aromatic N) is 1. The van der Waals surface area contributed by atoms with E-state index in [9.17, 15) is 9.59 Å². The Balaban J connectivity index is 1.85. The molecule has 0 aliphatic carbocycles. The van der Waals surface area contributed by atoms with Gasteiger partial charge in [-0.25, -0.2) is 0 Å². The van der Waals surface area contributed by atoms with Gasteiger partial charge in [-0.05, 0) is 54.5 Å². The molecule has 5 nitrogen and oxygen atoms in total. The highest BCUT2D eigenvalue weighted by atomic mass is 32.1. The smallest absolute Gasteiger partial charge is 0.251 e. The maximum atomic E-state index is 12.4. The molecule has 0 aliphatic rings. The van der Waals surface area contributed by atoms with Gasteiger partial charge in [-0.2, -0.15) is 11.3 Å². The lowest BCUT2D eigenvalue weighted by atomic mass is 10.1. The SMILES string of the molecule is CCN(CC)C(CNC(=O)CC(C)NC(=O)c1ccccc1)c1ccsc1. The van der Waals surface area contributed by atoms with Crippen LogP contribution in [0.4, 0.5) is 0 Å². The molecule has 0 spiro atoms. The fourth-order valence-corrected chi connectivity index (χ4v) is 3.80. The maximum absolute atomic E-state index is 12.4. The largest absolute Gasteiger partial charge is 0.354 e. The molecule has 2 aromatic rings. The van der Waals surface area contributed by atoms with Crippen LogP contribution in [0, 0.1) is 0 Å². The Morgan fingerprint density at radius 2 is 1.81 bits per heavy atom. The van der Waals surface area contributed by atoms with E-state index in [1.165, 1.54) is 5.56 Å². The van der Waals surface area contributed by atoms with E-state index in [1.807, 2.05) is 25.1 Å². The number of nitrogens with one attached hydrogen (secondary N) is 2. The predicted molar refractivity (Wildman–Crippen MR) is 111 cm³/mol. The van der Waals surface area contributed by atoms with Gasteiger partial charge in [0.05, 0.1) is 6.04 Å². The number of likely N-dealkylation sites (N-methyl/N-ethyl adjacent to an activating group) is 1. The van der Waals surface area contributed by atoms with Crippen molar-refractivity contribution in [1.82, 2.24) is 15.5 Å². The van der Waals surface area contributed by atoms with Gasteiger partial charge in [0.1, 0.15) is 0 Å². The van der Waals surface area contributed by atoms with E-state index in [4.69, 9.17) is 0 Å². The standard InChI is InChI=1S/C21H29N3O2S/c1-4-24(5-2)19(18-11-12-27-15-18)14-22-20(25)13-16(3)23-21(26)17-9-7-6-8-10-17/h6-12,15-16,19H,4-5,13-14H2,1-3H3,(H,22,25)(H,23,26). The molecule has 1 aromatic heterocycles. The van der Waals surface area contributed by atoms with Crippen LogP contribution < -0.4 is 10.6 Å². The Bertz CT molecular complexity index is 699. The van der Waals surface area contributed by atoms with Gasteiger partial charge in [-0.1, -0.05) is 32.0 Å². The molecule has 0 aliphatic heterocycles. The van der Waals surface area contributed by atoms with Crippen LogP contribution in [0.1, 0.15) is 49.2 Å². The average Bonchev–Trinajstić information content (AvgIpc) is 3.20. The van der Waals surface area contributed by atoms with E-state index in [0.29, 0.717) is 12.1 Å². The number of thiophene rings is 1. The van der Waals surface area contributed by atoms with Crippen molar-refractivity contribution in [3.05, 3.63) is 58.3 Å². The number of hydrogen-bond acceptors (Lipinski definition) is 4. The predicted octanol–water partition coefficient (Wildman–Crippen LogP) is 3.46. The summed E-state index contributed by atoms with van der Waals surface area (Å²) < 4.78 is 0. The molecule has 2 atom stereocenters. The van der Waals surface area contributed by atoms with Crippen LogP contribution in [-0.2, 0) is 4.79 Å². The van der Waals surface area contributed by atoms with E-state index in [-0.39, 0.29) is 30.3 Å². The summed E-state index contributed by atoms with van der Waals surface area (Å²) in [7, 11) is 0. The molecule has 2 N–H and O–H groups in total. The van der Waals surface area contributed by atoms with Crippen molar-refractivity contribution in [1.29, 1.82) is 0 Å². The number of carbonyl (C=O) groups excluding carboxylic acids is 2. The Morgan fingerprint density at radius 3 is 2.41 bits per heavy atom. The Morgan fingerprint density at radius 1 is 1.11 bits per heavy atom. The molecule has 146 valence electrons. The number of benzene rings is 1. The Labute approximate surface area is 165 Å². The third-order valence-electron chi connectivity index (χ3n) is 4.58. The molecule has 2 unspecified atom stereocenters. The van der Waals surface area contributed by atoms with Crippen LogP contribution in [0.3, 0.4) is 0 Å². The zero-order valence-corrected chi connectivity index (χ0v) is 17.1. The van der Waals surface area contributed by atoms with Crippen LogP contribution in [0.25, 0.3) is 0 Å². The second-order valence-corrected chi connectivity index (χ2v) is 7.32. The van der Waals surface area contributed by atoms with E-state index in [1.54, 1.807) is 23.5 Å². The van der Waals surface area contributed by atoms with Crippen LogP contribution in [0.5, 0.6) is 0 Å². The molecule has 0 radical (unpaired) electrons. The quantitative estimate of drug-likeness (QED) is 0.656. The Kier molecular flexibility index (Phi) is 8.48. The lowest BCUT2D eigenvalue weighted by molar-refractivity contribution is -0.121. The van der Waals surface area contributed by atoms with Crippen molar-refractivity contribution in [2.24, 2.45) is 0 Å². The number of hydrogen-bond donors (Lipinski definition) is 2.